The molecule has 2 N–H and O–H groups in total. The van der Waals surface area contributed by atoms with Gasteiger partial charge < -0.3 is 20.3 Å². The van der Waals surface area contributed by atoms with Crippen LogP contribution in [0.2, 0.25) is 0 Å². The summed E-state index contributed by atoms with van der Waals surface area (Å²) in [4.78, 5) is 14.7. The molecule has 0 radical (unpaired) electrons. The predicted molar refractivity (Wildman–Crippen MR) is 119 cm³/mol. The van der Waals surface area contributed by atoms with Crippen LogP contribution in [0.3, 0.4) is 0 Å². The molecule has 1 unspecified atom stereocenters. The fourth-order valence-electron chi connectivity index (χ4n) is 2.95. The molecular formula is C19H26FIN6O. The van der Waals surface area contributed by atoms with Crippen LogP contribution in [-0.2, 0) is 0 Å². The molecule has 1 saturated heterocycles. The van der Waals surface area contributed by atoms with Gasteiger partial charge in [-0.05, 0) is 37.6 Å². The van der Waals surface area contributed by atoms with Crippen LogP contribution in [0.1, 0.15) is 13.3 Å². The van der Waals surface area contributed by atoms with Gasteiger partial charge in [0.2, 0.25) is 0 Å². The summed E-state index contributed by atoms with van der Waals surface area (Å²) in [6.45, 7) is 5.22. The molecular weight excluding hydrogens is 474 g/mol. The van der Waals surface area contributed by atoms with E-state index in [-0.39, 0.29) is 35.8 Å². The number of pyridine rings is 2. The standard InChI is InChI=1S/C19H25FN6O.HI/c1-2-22-19(24-10-12-27-16-5-3-8-21-13-16)25-15-7-11-26(14-15)18-17(20)6-4-9-23-18;/h3-6,8-9,13,15H,2,7,10-12,14H2,1H3,(H2,22,24,25);1H. The van der Waals surface area contributed by atoms with Crippen LogP contribution in [0.25, 0.3) is 0 Å². The minimum absolute atomic E-state index is 0. The SMILES string of the molecule is CCNC(=NCCOc1cccnc1)NC1CCN(c2ncccc2F)C1.I. The van der Waals surface area contributed by atoms with E-state index in [1.807, 2.05) is 24.0 Å². The Morgan fingerprint density at radius 3 is 2.96 bits per heavy atom. The fourth-order valence-corrected chi connectivity index (χ4v) is 2.95. The van der Waals surface area contributed by atoms with E-state index in [9.17, 15) is 4.39 Å². The zero-order valence-electron chi connectivity index (χ0n) is 15.8. The first-order chi connectivity index (χ1) is 13.3. The predicted octanol–water partition coefficient (Wildman–Crippen LogP) is 2.45. The highest BCUT2D eigenvalue weighted by molar-refractivity contribution is 14.0. The molecule has 0 aromatic carbocycles. The average Bonchev–Trinajstić information content (AvgIpc) is 3.15. The number of hydrogen-bond acceptors (Lipinski definition) is 5. The van der Waals surface area contributed by atoms with Crippen molar-refractivity contribution in [3.63, 3.8) is 0 Å². The third-order valence-electron chi connectivity index (χ3n) is 4.18. The van der Waals surface area contributed by atoms with Crippen LogP contribution in [-0.4, -0.2) is 54.8 Å². The molecule has 0 amide bonds. The van der Waals surface area contributed by atoms with Gasteiger partial charge in [-0.25, -0.2) is 14.4 Å². The van der Waals surface area contributed by atoms with Crippen molar-refractivity contribution in [3.05, 3.63) is 48.7 Å². The van der Waals surface area contributed by atoms with Crippen molar-refractivity contribution in [3.8, 4) is 5.75 Å². The normalized spacial score (nSPS) is 16.4. The van der Waals surface area contributed by atoms with Gasteiger partial charge in [0.15, 0.2) is 17.6 Å². The molecule has 1 fully saturated rings. The molecule has 0 saturated carbocycles. The Kier molecular flexibility index (Phi) is 9.18. The van der Waals surface area contributed by atoms with E-state index in [0.29, 0.717) is 25.5 Å². The van der Waals surface area contributed by atoms with Crippen molar-refractivity contribution in [1.29, 1.82) is 0 Å². The van der Waals surface area contributed by atoms with Crippen LogP contribution in [0, 0.1) is 5.82 Å². The second-order valence-corrected chi connectivity index (χ2v) is 6.18. The Morgan fingerprint density at radius 1 is 1.36 bits per heavy atom. The summed E-state index contributed by atoms with van der Waals surface area (Å²) in [5, 5.41) is 6.65. The number of aliphatic imine (C=N–C) groups is 1. The molecule has 3 heterocycles. The van der Waals surface area contributed by atoms with E-state index in [1.54, 1.807) is 24.7 Å². The molecule has 1 atom stereocenters. The lowest BCUT2D eigenvalue weighted by Gasteiger charge is -2.20. The lowest BCUT2D eigenvalue weighted by atomic mass is 10.3. The lowest BCUT2D eigenvalue weighted by molar-refractivity contribution is 0.327. The number of nitrogens with one attached hydrogen (secondary N) is 2. The van der Waals surface area contributed by atoms with Crippen molar-refractivity contribution >= 4 is 35.8 Å². The van der Waals surface area contributed by atoms with E-state index in [2.05, 4.69) is 25.6 Å². The van der Waals surface area contributed by atoms with E-state index in [1.165, 1.54) is 6.07 Å². The topological polar surface area (TPSA) is 74.7 Å². The first-order valence-electron chi connectivity index (χ1n) is 9.19. The average molecular weight is 500 g/mol. The zero-order valence-corrected chi connectivity index (χ0v) is 18.2. The highest BCUT2D eigenvalue weighted by Crippen LogP contribution is 2.20. The number of rotatable bonds is 7. The molecule has 0 spiro atoms. The monoisotopic (exact) mass is 500 g/mol. The summed E-state index contributed by atoms with van der Waals surface area (Å²) in [5.74, 6) is 1.59. The number of hydrogen-bond donors (Lipinski definition) is 2. The quantitative estimate of drug-likeness (QED) is 0.264. The number of aromatic nitrogens is 2. The van der Waals surface area contributed by atoms with Crippen molar-refractivity contribution in [2.75, 3.05) is 37.7 Å². The van der Waals surface area contributed by atoms with Gasteiger partial charge in [-0.2, -0.15) is 0 Å². The number of nitrogens with zero attached hydrogens (tertiary/aromatic N) is 4. The van der Waals surface area contributed by atoms with Gasteiger partial charge >= 0.3 is 0 Å². The first-order valence-corrected chi connectivity index (χ1v) is 9.19. The van der Waals surface area contributed by atoms with Crippen molar-refractivity contribution in [2.24, 2.45) is 4.99 Å². The maximum Gasteiger partial charge on any atom is 0.191 e. The molecule has 1 aliphatic rings. The van der Waals surface area contributed by atoms with Crippen molar-refractivity contribution in [2.45, 2.75) is 19.4 Å². The van der Waals surface area contributed by atoms with Gasteiger partial charge in [-0.15, -0.1) is 24.0 Å². The molecule has 0 bridgehead atoms. The number of anilines is 1. The van der Waals surface area contributed by atoms with E-state index >= 15 is 0 Å². The molecule has 7 nitrogen and oxygen atoms in total. The first kappa shape index (κ1) is 22.1. The smallest absolute Gasteiger partial charge is 0.191 e. The van der Waals surface area contributed by atoms with Crippen LogP contribution in [0.5, 0.6) is 5.75 Å². The van der Waals surface area contributed by atoms with Crippen LogP contribution < -0.4 is 20.3 Å². The van der Waals surface area contributed by atoms with E-state index in [4.69, 9.17) is 4.74 Å². The second kappa shape index (κ2) is 11.6. The van der Waals surface area contributed by atoms with Gasteiger partial charge in [0.25, 0.3) is 0 Å². The molecule has 3 rings (SSSR count). The van der Waals surface area contributed by atoms with Gasteiger partial charge in [-0.1, -0.05) is 0 Å². The Labute approximate surface area is 181 Å². The largest absolute Gasteiger partial charge is 0.490 e. The number of halogens is 2. The van der Waals surface area contributed by atoms with Crippen LogP contribution in [0.15, 0.2) is 47.8 Å². The van der Waals surface area contributed by atoms with Gasteiger partial charge in [0.1, 0.15) is 12.4 Å². The summed E-state index contributed by atoms with van der Waals surface area (Å²) in [7, 11) is 0. The maximum absolute atomic E-state index is 13.9. The molecule has 2 aromatic rings. The second-order valence-electron chi connectivity index (χ2n) is 6.18. The van der Waals surface area contributed by atoms with Crippen LogP contribution >= 0.6 is 24.0 Å². The Bertz CT molecular complexity index is 748. The van der Waals surface area contributed by atoms with Gasteiger partial charge in [0.05, 0.1) is 12.7 Å². The van der Waals surface area contributed by atoms with Gasteiger partial charge in [0, 0.05) is 38.1 Å². The fraction of sp³-hybridized carbons (Fsp3) is 0.421. The van der Waals surface area contributed by atoms with Crippen LogP contribution in [0.4, 0.5) is 10.2 Å². The molecule has 28 heavy (non-hydrogen) atoms. The summed E-state index contributed by atoms with van der Waals surface area (Å²) >= 11 is 0. The highest BCUT2D eigenvalue weighted by atomic mass is 127. The maximum atomic E-state index is 13.9. The minimum atomic E-state index is -0.286. The Hall–Kier alpha value is -2.17. The molecule has 2 aromatic heterocycles. The van der Waals surface area contributed by atoms with E-state index < -0.39 is 0 Å². The summed E-state index contributed by atoms with van der Waals surface area (Å²) in [6, 6.07) is 6.93. The Morgan fingerprint density at radius 2 is 2.21 bits per heavy atom. The van der Waals surface area contributed by atoms with Crippen molar-refractivity contribution < 1.29 is 9.13 Å². The van der Waals surface area contributed by atoms with E-state index in [0.717, 1.165) is 31.2 Å². The molecule has 152 valence electrons. The zero-order chi connectivity index (χ0) is 18.9. The Balaban J connectivity index is 0.00000280. The molecule has 0 aliphatic carbocycles. The number of guanidine groups is 1. The highest BCUT2D eigenvalue weighted by Gasteiger charge is 2.25. The van der Waals surface area contributed by atoms with Crippen molar-refractivity contribution in [1.82, 2.24) is 20.6 Å². The van der Waals surface area contributed by atoms with Gasteiger partial charge in [-0.3, -0.25) is 4.98 Å². The number of ether oxygens (including phenoxy) is 1. The summed E-state index contributed by atoms with van der Waals surface area (Å²) in [5.41, 5.74) is 0. The lowest BCUT2D eigenvalue weighted by Crippen LogP contribution is -2.45. The summed E-state index contributed by atoms with van der Waals surface area (Å²) in [6.07, 6.45) is 5.90. The molecule has 1 aliphatic heterocycles. The third-order valence-corrected chi connectivity index (χ3v) is 4.18. The summed E-state index contributed by atoms with van der Waals surface area (Å²) < 4.78 is 19.5. The third kappa shape index (κ3) is 6.47. The minimum Gasteiger partial charge on any atom is -0.490 e. The molecule has 9 heteroatoms.